The van der Waals surface area contributed by atoms with Crippen molar-refractivity contribution in [3.05, 3.63) is 62.2 Å². The molecule has 26 heavy (non-hydrogen) atoms. The molecule has 8 nitrogen and oxygen atoms in total. The smallest absolute Gasteiger partial charge is 0.296 e. The molecule has 0 fully saturated rings. The molecule has 0 spiro atoms. The second-order valence-electron chi connectivity index (χ2n) is 5.44. The van der Waals surface area contributed by atoms with E-state index in [0.717, 1.165) is 11.3 Å². The van der Waals surface area contributed by atoms with Gasteiger partial charge in [0.1, 0.15) is 23.1 Å². The van der Waals surface area contributed by atoms with Crippen LogP contribution in [-0.4, -0.2) is 27.0 Å². The summed E-state index contributed by atoms with van der Waals surface area (Å²) < 4.78 is 11.6. The average molecular weight is 483 g/mol. The average Bonchev–Trinajstić information content (AvgIpc) is 3.37. The minimum Gasteiger partial charge on any atom is -0.503 e. The van der Waals surface area contributed by atoms with Gasteiger partial charge in [-0.25, -0.2) is 0 Å². The van der Waals surface area contributed by atoms with Gasteiger partial charge in [0.05, 0.1) is 5.57 Å². The number of aryl methyl sites for hydroxylation is 1. The molecule has 4 rings (SSSR count). The number of hydrogen-bond donors (Lipinski definition) is 1. The lowest BCUT2D eigenvalue weighted by molar-refractivity contribution is -0.117. The first kappa shape index (κ1) is 17.0. The Labute approximate surface area is 164 Å². The van der Waals surface area contributed by atoms with E-state index < -0.39 is 23.5 Å². The van der Waals surface area contributed by atoms with Gasteiger partial charge in [-0.2, -0.15) is 0 Å². The topological polar surface area (TPSA) is 110 Å². The molecule has 0 saturated carbocycles. The Hall–Kier alpha value is -2.47. The Kier molecular flexibility index (Phi) is 4.15. The number of carbonyl (C=O) groups is 2. The van der Waals surface area contributed by atoms with E-state index in [0.29, 0.717) is 15.3 Å². The van der Waals surface area contributed by atoms with E-state index in [-0.39, 0.29) is 16.5 Å². The fraction of sp³-hybridized carbons (Fsp3) is 0.125. The van der Waals surface area contributed by atoms with Crippen LogP contribution in [0, 0.1) is 10.7 Å². The maximum Gasteiger partial charge on any atom is 0.296 e. The zero-order valence-electron chi connectivity index (χ0n) is 13.2. The first-order valence-electron chi connectivity index (χ1n) is 7.36. The second kappa shape index (κ2) is 6.36. The van der Waals surface area contributed by atoms with Gasteiger partial charge in [-0.3, -0.25) is 14.5 Å². The number of halogens is 1. The Morgan fingerprint density at radius 2 is 2.12 bits per heavy atom. The Balaban J connectivity index is 1.86. The molecule has 4 heterocycles. The SMILES string of the molecule is Cc1ccc(C(=O)C2=C(O)C(=O)N(c3nncs3)C2c2ccc(I)o2)o1. The summed E-state index contributed by atoms with van der Waals surface area (Å²) in [6.45, 7) is 1.70. The molecule has 3 aromatic heterocycles. The minimum atomic E-state index is -0.961. The van der Waals surface area contributed by atoms with Crippen molar-refractivity contribution >= 4 is 50.7 Å². The number of aliphatic hydroxyl groups excluding tert-OH is 1. The predicted octanol–water partition coefficient (Wildman–Crippen LogP) is 3.42. The highest BCUT2D eigenvalue weighted by atomic mass is 127. The molecule has 0 bridgehead atoms. The summed E-state index contributed by atoms with van der Waals surface area (Å²) in [6, 6.07) is 5.52. The van der Waals surface area contributed by atoms with E-state index in [1.807, 2.05) is 22.6 Å². The molecule has 1 atom stereocenters. The lowest BCUT2D eigenvalue weighted by Gasteiger charge is -2.21. The molecule has 0 aromatic carbocycles. The van der Waals surface area contributed by atoms with E-state index in [2.05, 4.69) is 10.2 Å². The fourth-order valence-corrected chi connectivity index (χ4v) is 3.76. The van der Waals surface area contributed by atoms with Gasteiger partial charge in [0.2, 0.25) is 10.9 Å². The van der Waals surface area contributed by atoms with Gasteiger partial charge in [-0.15, -0.1) is 10.2 Å². The van der Waals surface area contributed by atoms with Crippen LogP contribution >= 0.6 is 33.9 Å². The summed E-state index contributed by atoms with van der Waals surface area (Å²) in [5, 5.41) is 18.3. The van der Waals surface area contributed by atoms with Crippen molar-refractivity contribution in [3.63, 3.8) is 0 Å². The van der Waals surface area contributed by atoms with Gasteiger partial charge in [0.15, 0.2) is 15.3 Å². The van der Waals surface area contributed by atoms with E-state index in [4.69, 9.17) is 8.83 Å². The molecule has 3 aromatic rings. The third-order valence-corrected chi connectivity index (χ3v) is 5.10. The maximum atomic E-state index is 13.0. The predicted molar refractivity (Wildman–Crippen MR) is 99.0 cm³/mol. The van der Waals surface area contributed by atoms with Gasteiger partial charge < -0.3 is 13.9 Å². The number of furan rings is 2. The summed E-state index contributed by atoms with van der Waals surface area (Å²) >= 11 is 3.09. The van der Waals surface area contributed by atoms with Crippen LogP contribution in [0.15, 0.2) is 49.9 Å². The van der Waals surface area contributed by atoms with Crippen LogP contribution in [0.2, 0.25) is 0 Å². The highest BCUT2D eigenvalue weighted by Crippen LogP contribution is 2.42. The summed E-state index contributed by atoms with van der Waals surface area (Å²) in [7, 11) is 0. The molecule has 132 valence electrons. The number of hydrogen-bond acceptors (Lipinski definition) is 8. The molecule has 0 saturated heterocycles. The third-order valence-electron chi connectivity index (χ3n) is 3.84. The van der Waals surface area contributed by atoms with Crippen LogP contribution < -0.4 is 4.90 Å². The summed E-state index contributed by atoms with van der Waals surface area (Å²) in [5.74, 6) is -1.09. The molecule has 1 aliphatic rings. The number of ketones is 1. The summed E-state index contributed by atoms with van der Waals surface area (Å²) in [4.78, 5) is 26.8. The highest BCUT2D eigenvalue weighted by molar-refractivity contribution is 14.1. The first-order chi connectivity index (χ1) is 12.5. The Morgan fingerprint density at radius 1 is 1.31 bits per heavy atom. The second-order valence-corrected chi connectivity index (χ2v) is 7.32. The van der Waals surface area contributed by atoms with E-state index in [1.54, 1.807) is 25.1 Å². The van der Waals surface area contributed by atoms with Crippen LogP contribution in [-0.2, 0) is 4.79 Å². The van der Waals surface area contributed by atoms with Crippen molar-refractivity contribution in [2.45, 2.75) is 13.0 Å². The van der Waals surface area contributed by atoms with Gasteiger partial charge in [-0.05, 0) is 53.8 Å². The van der Waals surface area contributed by atoms with Crippen molar-refractivity contribution in [2.75, 3.05) is 4.90 Å². The van der Waals surface area contributed by atoms with Crippen molar-refractivity contribution < 1.29 is 23.5 Å². The number of aliphatic hydroxyl groups is 1. The molecule has 0 aliphatic carbocycles. The summed E-state index contributed by atoms with van der Waals surface area (Å²) in [5.41, 5.74) is 1.34. The van der Waals surface area contributed by atoms with Crippen LogP contribution in [0.1, 0.15) is 28.1 Å². The quantitative estimate of drug-likeness (QED) is 0.448. The van der Waals surface area contributed by atoms with Gasteiger partial charge in [0, 0.05) is 0 Å². The number of carbonyl (C=O) groups excluding carboxylic acids is 2. The van der Waals surface area contributed by atoms with Crippen LogP contribution in [0.3, 0.4) is 0 Å². The molecule has 10 heteroatoms. The van der Waals surface area contributed by atoms with Gasteiger partial charge >= 0.3 is 0 Å². The van der Waals surface area contributed by atoms with Crippen LogP contribution in [0.5, 0.6) is 0 Å². The van der Waals surface area contributed by atoms with E-state index >= 15 is 0 Å². The highest BCUT2D eigenvalue weighted by Gasteiger charge is 2.48. The monoisotopic (exact) mass is 483 g/mol. The minimum absolute atomic E-state index is 0.0298. The first-order valence-corrected chi connectivity index (χ1v) is 9.32. The number of amides is 1. The van der Waals surface area contributed by atoms with Gasteiger partial charge in [-0.1, -0.05) is 11.3 Å². The molecule has 1 amide bonds. The molecular weight excluding hydrogens is 473 g/mol. The van der Waals surface area contributed by atoms with Crippen LogP contribution in [0.4, 0.5) is 5.13 Å². The van der Waals surface area contributed by atoms with Crippen molar-refractivity contribution in [1.29, 1.82) is 0 Å². The number of aromatic nitrogens is 2. The molecule has 1 aliphatic heterocycles. The standard InChI is InChI=1S/C16H10IN3O5S/c1-7-2-3-9(24-7)13(21)11-12(8-4-5-10(17)25-8)20(15(23)14(11)22)16-19-18-6-26-16/h2-6,12,22H,1H3. The number of rotatable bonds is 4. The van der Waals surface area contributed by atoms with Crippen molar-refractivity contribution in [3.8, 4) is 0 Å². The Bertz CT molecular complexity index is 1040. The largest absolute Gasteiger partial charge is 0.503 e. The molecular formula is C16H10IN3O5S. The third kappa shape index (κ3) is 2.65. The maximum absolute atomic E-state index is 13.0. The van der Waals surface area contributed by atoms with Crippen LogP contribution in [0.25, 0.3) is 0 Å². The number of Topliss-reactive ketones (excluding diaryl/α,β-unsaturated/α-hetero) is 1. The molecule has 1 N–H and O–H groups in total. The van der Waals surface area contributed by atoms with Crippen molar-refractivity contribution in [2.24, 2.45) is 0 Å². The van der Waals surface area contributed by atoms with Gasteiger partial charge in [0.25, 0.3) is 5.91 Å². The number of anilines is 1. The Morgan fingerprint density at radius 3 is 2.69 bits per heavy atom. The van der Waals surface area contributed by atoms with E-state index in [1.165, 1.54) is 16.5 Å². The zero-order chi connectivity index (χ0) is 18.4. The lowest BCUT2D eigenvalue weighted by Crippen LogP contribution is -2.30. The number of nitrogens with zero attached hydrogens (tertiary/aromatic N) is 3. The van der Waals surface area contributed by atoms with Crippen molar-refractivity contribution in [1.82, 2.24) is 10.2 Å². The zero-order valence-corrected chi connectivity index (χ0v) is 16.1. The fourth-order valence-electron chi connectivity index (χ4n) is 2.74. The lowest BCUT2D eigenvalue weighted by atomic mass is 10.00. The molecule has 1 unspecified atom stereocenters. The van der Waals surface area contributed by atoms with E-state index in [9.17, 15) is 14.7 Å². The normalized spacial score (nSPS) is 17.4. The summed E-state index contributed by atoms with van der Waals surface area (Å²) in [6.07, 6.45) is 0. The molecule has 0 radical (unpaired) electrons.